The van der Waals surface area contributed by atoms with Crippen molar-refractivity contribution >= 4 is 16.8 Å². The lowest BCUT2D eigenvalue weighted by molar-refractivity contribution is 0.187. The lowest BCUT2D eigenvalue weighted by Gasteiger charge is -2.34. The van der Waals surface area contributed by atoms with Gasteiger partial charge in [0.2, 0.25) is 0 Å². The molecule has 1 saturated heterocycles. The predicted molar refractivity (Wildman–Crippen MR) is 117 cm³/mol. The third kappa shape index (κ3) is 8.89. The van der Waals surface area contributed by atoms with Gasteiger partial charge in [0.15, 0.2) is 5.96 Å². The predicted octanol–water partition coefficient (Wildman–Crippen LogP) is 2.61. The Bertz CT molecular complexity index is 583. The van der Waals surface area contributed by atoms with Crippen molar-refractivity contribution in [2.45, 2.75) is 45.4 Å². The minimum Gasteiger partial charge on any atom is -0.357 e. The molecule has 1 atom stereocenters. The molecule has 1 unspecified atom stereocenters. The van der Waals surface area contributed by atoms with Crippen molar-refractivity contribution in [1.82, 2.24) is 15.5 Å². The van der Waals surface area contributed by atoms with Gasteiger partial charge in [0.25, 0.3) is 0 Å². The fourth-order valence-corrected chi connectivity index (χ4v) is 4.38. The van der Waals surface area contributed by atoms with Gasteiger partial charge in [-0.05, 0) is 31.2 Å². The summed E-state index contributed by atoms with van der Waals surface area (Å²) in [4.78, 5) is 7.20. The van der Waals surface area contributed by atoms with Gasteiger partial charge in [-0.3, -0.25) is 9.20 Å². The van der Waals surface area contributed by atoms with Crippen LogP contribution >= 0.6 is 0 Å². The zero-order valence-corrected chi connectivity index (χ0v) is 17.9. The highest BCUT2D eigenvalue weighted by Gasteiger charge is 2.20. The minimum absolute atomic E-state index is 0.473. The van der Waals surface area contributed by atoms with Gasteiger partial charge in [0.05, 0.1) is 6.54 Å². The summed E-state index contributed by atoms with van der Waals surface area (Å²) in [6, 6.07) is 10.5. The van der Waals surface area contributed by atoms with E-state index in [0.29, 0.717) is 24.1 Å². The van der Waals surface area contributed by atoms with Crippen molar-refractivity contribution in [3.05, 3.63) is 35.9 Å². The summed E-state index contributed by atoms with van der Waals surface area (Å²) in [6.07, 6.45) is 2.30. The van der Waals surface area contributed by atoms with Gasteiger partial charge in [-0.25, -0.2) is 0 Å². The second-order valence-electron chi connectivity index (χ2n) is 7.65. The molecule has 0 saturated carbocycles. The van der Waals surface area contributed by atoms with E-state index in [1.54, 1.807) is 0 Å². The van der Waals surface area contributed by atoms with Crippen LogP contribution in [0.25, 0.3) is 0 Å². The highest BCUT2D eigenvalue weighted by Crippen LogP contribution is 2.12. The topological polar surface area (TPSA) is 56.7 Å². The van der Waals surface area contributed by atoms with Crippen LogP contribution in [-0.4, -0.2) is 59.6 Å². The third-order valence-electron chi connectivity index (χ3n) is 4.66. The van der Waals surface area contributed by atoms with E-state index >= 15 is 0 Å². The summed E-state index contributed by atoms with van der Waals surface area (Å²) in [5.74, 6) is 2.79. The normalized spacial score (nSPS) is 17.9. The summed E-state index contributed by atoms with van der Waals surface area (Å²) in [7, 11) is -0.878. The van der Waals surface area contributed by atoms with Crippen LogP contribution in [0.3, 0.4) is 0 Å². The van der Waals surface area contributed by atoms with Crippen molar-refractivity contribution in [2.24, 2.45) is 10.9 Å². The summed E-state index contributed by atoms with van der Waals surface area (Å²) in [6.45, 7) is 11.5. The Labute approximate surface area is 167 Å². The van der Waals surface area contributed by atoms with Gasteiger partial charge >= 0.3 is 0 Å². The Morgan fingerprint density at radius 3 is 2.59 bits per heavy atom. The first-order valence-corrected chi connectivity index (χ1v) is 11.7. The van der Waals surface area contributed by atoms with Crippen LogP contribution in [0.2, 0.25) is 0 Å². The van der Waals surface area contributed by atoms with E-state index in [1.807, 2.05) is 30.3 Å². The summed E-state index contributed by atoms with van der Waals surface area (Å²) in [5, 5.41) is 6.89. The number of aliphatic imine (C=N–C) groups is 1. The molecule has 27 heavy (non-hydrogen) atoms. The molecule has 1 aromatic rings. The van der Waals surface area contributed by atoms with Gasteiger partial charge in [-0.2, -0.15) is 0 Å². The maximum Gasteiger partial charge on any atom is 0.191 e. The fourth-order valence-electron chi connectivity index (χ4n) is 3.38. The first-order valence-electron chi connectivity index (χ1n) is 10.2. The number of rotatable bonds is 9. The van der Waals surface area contributed by atoms with Crippen molar-refractivity contribution < 1.29 is 4.21 Å². The zero-order chi connectivity index (χ0) is 19.5. The lowest BCUT2D eigenvalue weighted by Crippen LogP contribution is -2.49. The summed E-state index contributed by atoms with van der Waals surface area (Å²) < 4.78 is 12.3. The van der Waals surface area contributed by atoms with E-state index in [1.165, 1.54) is 6.54 Å². The molecule has 1 aliphatic rings. The van der Waals surface area contributed by atoms with E-state index in [2.05, 4.69) is 41.3 Å². The number of piperidine rings is 1. The average Bonchev–Trinajstić information content (AvgIpc) is 2.64. The molecule has 2 N–H and O–H groups in total. The van der Waals surface area contributed by atoms with Crippen molar-refractivity contribution in [3.63, 3.8) is 0 Å². The molecule has 0 aromatic heterocycles. The molecular weight excluding hydrogens is 356 g/mol. The largest absolute Gasteiger partial charge is 0.357 e. The van der Waals surface area contributed by atoms with Gasteiger partial charge in [-0.15, -0.1) is 0 Å². The molecule has 5 nitrogen and oxygen atoms in total. The molecule has 1 heterocycles. The van der Waals surface area contributed by atoms with Crippen LogP contribution in [-0.2, 0) is 16.6 Å². The number of likely N-dealkylation sites (tertiary alicyclic amines) is 1. The Morgan fingerprint density at radius 1 is 1.26 bits per heavy atom. The van der Waals surface area contributed by atoms with E-state index in [-0.39, 0.29) is 0 Å². The van der Waals surface area contributed by atoms with Gasteiger partial charge < -0.3 is 15.5 Å². The molecule has 0 bridgehead atoms. The molecule has 152 valence electrons. The zero-order valence-electron chi connectivity index (χ0n) is 17.1. The van der Waals surface area contributed by atoms with Crippen molar-refractivity contribution in [3.8, 4) is 0 Å². The Hall–Kier alpha value is -1.40. The maximum absolute atomic E-state index is 12.3. The number of hydrogen-bond donors (Lipinski definition) is 2. The van der Waals surface area contributed by atoms with Crippen molar-refractivity contribution in [2.75, 3.05) is 38.5 Å². The highest BCUT2D eigenvalue weighted by molar-refractivity contribution is 7.84. The van der Waals surface area contributed by atoms with Crippen LogP contribution in [0.4, 0.5) is 0 Å². The van der Waals surface area contributed by atoms with Crippen LogP contribution in [0.5, 0.6) is 0 Å². The third-order valence-corrected chi connectivity index (χ3v) is 5.95. The van der Waals surface area contributed by atoms with Crippen molar-refractivity contribution in [1.29, 1.82) is 0 Å². The van der Waals surface area contributed by atoms with Gasteiger partial charge in [0, 0.05) is 54.5 Å². The number of guanidine groups is 1. The maximum atomic E-state index is 12.3. The van der Waals surface area contributed by atoms with Crippen LogP contribution in [0, 0.1) is 5.92 Å². The van der Waals surface area contributed by atoms with Crippen LogP contribution in [0.1, 0.15) is 39.2 Å². The summed E-state index contributed by atoms with van der Waals surface area (Å²) in [5.41, 5.74) is 1.12. The van der Waals surface area contributed by atoms with Crippen LogP contribution in [0.15, 0.2) is 35.3 Å². The minimum atomic E-state index is -0.878. The highest BCUT2D eigenvalue weighted by atomic mass is 32.2. The second-order valence-corrected chi connectivity index (χ2v) is 9.22. The standard InChI is InChI=1S/C21H36N4OS/c1-4-22-21(24-20-10-13-25(14-11-20)16-18(2)3)23-12-15-27(26)17-19-8-6-5-7-9-19/h5-9,18,20H,4,10-17H2,1-3H3,(H2,22,23,24). The Morgan fingerprint density at radius 2 is 1.96 bits per heavy atom. The molecule has 0 radical (unpaired) electrons. The van der Waals surface area contributed by atoms with Gasteiger partial charge in [0.1, 0.15) is 0 Å². The Kier molecular flexibility index (Phi) is 9.84. The number of hydrogen-bond acceptors (Lipinski definition) is 3. The van der Waals surface area contributed by atoms with Gasteiger partial charge in [-0.1, -0.05) is 44.2 Å². The SMILES string of the molecule is CCNC(=NCCS(=O)Cc1ccccc1)NC1CCN(CC(C)C)CC1. The first-order chi connectivity index (χ1) is 13.1. The Balaban J connectivity index is 1.74. The lowest BCUT2D eigenvalue weighted by atomic mass is 10.0. The van der Waals surface area contributed by atoms with E-state index in [9.17, 15) is 4.21 Å². The molecule has 6 heteroatoms. The molecule has 1 aliphatic heterocycles. The average molecular weight is 393 g/mol. The molecule has 0 amide bonds. The molecule has 0 spiro atoms. The second kappa shape index (κ2) is 12.1. The number of nitrogens with zero attached hydrogens (tertiary/aromatic N) is 2. The molecule has 0 aliphatic carbocycles. The summed E-state index contributed by atoms with van der Waals surface area (Å²) >= 11 is 0. The number of nitrogens with one attached hydrogen (secondary N) is 2. The smallest absolute Gasteiger partial charge is 0.191 e. The molecular formula is C21H36N4OS. The fraction of sp³-hybridized carbons (Fsp3) is 0.667. The number of benzene rings is 1. The molecule has 2 rings (SSSR count). The van der Waals surface area contributed by atoms with E-state index < -0.39 is 10.8 Å². The molecule has 1 aromatic carbocycles. The van der Waals surface area contributed by atoms with E-state index in [4.69, 9.17) is 0 Å². The molecule has 1 fully saturated rings. The van der Waals surface area contributed by atoms with E-state index in [0.717, 1.165) is 49.9 Å². The van der Waals surface area contributed by atoms with Crippen LogP contribution < -0.4 is 10.6 Å². The monoisotopic (exact) mass is 392 g/mol. The first kappa shape index (κ1) is 21.9. The quantitative estimate of drug-likeness (QED) is 0.501.